The maximum absolute atomic E-state index is 11.6. The van der Waals surface area contributed by atoms with Crippen LogP contribution in [0.4, 0.5) is 0 Å². The van der Waals surface area contributed by atoms with Crippen LogP contribution in [0.2, 0.25) is 0 Å². The molecule has 0 atom stereocenters. The summed E-state index contributed by atoms with van der Waals surface area (Å²) >= 11 is 0. The molecule has 0 unspecified atom stereocenters. The number of likely N-dealkylation sites (N-methyl/N-ethyl adjacent to an activating group) is 1. The van der Waals surface area contributed by atoms with Crippen molar-refractivity contribution in [2.45, 2.75) is 12.8 Å². The van der Waals surface area contributed by atoms with Gasteiger partial charge < -0.3 is 9.84 Å². The molecular formula is C18H23N3O2. The summed E-state index contributed by atoms with van der Waals surface area (Å²) in [4.78, 5) is 13.6. The van der Waals surface area contributed by atoms with Crippen LogP contribution in [0.3, 0.4) is 0 Å². The molecule has 0 aliphatic rings. The molecule has 122 valence electrons. The van der Waals surface area contributed by atoms with E-state index in [0.29, 0.717) is 13.1 Å². The SMILES string of the molecule is C=CCNC(=O)CN(C)CCCc1cc(-c2ccccc2)no1. The first-order chi connectivity index (χ1) is 11.2. The summed E-state index contributed by atoms with van der Waals surface area (Å²) in [5, 5.41) is 6.87. The molecule has 1 heterocycles. The van der Waals surface area contributed by atoms with E-state index in [9.17, 15) is 4.79 Å². The molecule has 0 saturated carbocycles. The van der Waals surface area contributed by atoms with Gasteiger partial charge in [0.1, 0.15) is 11.5 Å². The Labute approximate surface area is 137 Å². The van der Waals surface area contributed by atoms with E-state index in [4.69, 9.17) is 4.52 Å². The predicted octanol–water partition coefficient (Wildman–Crippen LogP) is 2.51. The third-order valence-electron chi connectivity index (χ3n) is 3.45. The minimum atomic E-state index is 0.0124. The second-order valence-corrected chi connectivity index (χ2v) is 5.48. The molecule has 1 amide bonds. The molecule has 0 bridgehead atoms. The highest BCUT2D eigenvalue weighted by Gasteiger charge is 2.08. The van der Waals surface area contributed by atoms with Crippen molar-refractivity contribution in [3.05, 3.63) is 54.8 Å². The van der Waals surface area contributed by atoms with Gasteiger partial charge >= 0.3 is 0 Å². The summed E-state index contributed by atoms with van der Waals surface area (Å²) in [7, 11) is 1.93. The number of hydrogen-bond donors (Lipinski definition) is 1. The average Bonchev–Trinajstić information content (AvgIpc) is 3.02. The van der Waals surface area contributed by atoms with Crippen LogP contribution < -0.4 is 5.32 Å². The van der Waals surface area contributed by atoms with Crippen LogP contribution in [0.25, 0.3) is 11.3 Å². The van der Waals surface area contributed by atoms with Gasteiger partial charge in [-0.2, -0.15) is 0 Å². The lowest BCUT2D eigenvalue weighted by Gasteiger charge is -2.15. The molecule has 2 rings (SSSR count). The largest absolute Gasteiger partial charge is 0.361 e. The summed E-state index contributed by atoms with van der Waals surface area (Å²) in [5.41, 5.74) is 1.91. The molecule has 0 spiro atoms. The molecule has 23 heavy (non-hydrogen) atoms. The molecule has 0 radical (unpaired) electrons. The molecule has 1 aromatic heterocycles. The van der Waals surface area contributed by atoms with Gasteiger partial charge in [0.05, 0.1) is 6.54 Å². The Morgan fingerprint density at radius 2 is 2.17 bits per heavy atom. The highest BCUT2D eigenvalue weighted by atomic mass is 16.5. The fourth-order valence-corrected chi connectivity index (χ4v) is 2.27. The van der Waals surface area contributed by atoms with Crippen LogP contribution >= 0.6 is 0 Å². The molecule has 0 fully saturated rings. The number of amides is 1. The number of carbonyl (C=O) groups is 1. The number of nitrogens with one attached hydrogen (secondary N) is 1. The second-order valence-electron chi connectivity index (χ2n) is 5.48. The Balaban J connectivity index is 1.73. The van der Waals surface area contributed by atoms with Gasteiger partial charge in [0, 0.05) is 24.6 Å². The molecule has 2 aromatic rings. The number of carbonyl (C=O) groups excluding carboxylic acids is 1. The molecule has 1 N–H and O–H groups in total. The van der Waals surface area contributed by atoms with Crippen LogP contribution in [0.5, 0.6) is 0 Å². The Morgan fingerprint density at radius 1 is 1.39 bits per heavy atom. The van der Waals surface area contributed by atoms with E-state index in [1.165, 1.54) is 0 Å². The first kappa shape index (κ1) is 17.0. The third kappa shape index (κ3) is 5.71. The van der Waals surface area contributed by atoms with Gasteiger partial charge in [-0.1, -0.05) is 41.6 Å². The number of nitrogens with zero attached hydrogens (tertiary/aromatic N) is 2. The van der Waals surface area contributed by atoms with Crippen molar-refractivity contribution in [1.29, 1.82) is 0 Å². The van der Waals surface area contributed by atoms with Gasteiger partial charge in [-0.25, -0.2) is 0 Å². The number of aromatic nitrogens is 1. The van der Waals surface area contributed by atoms with E-state index >= 15 is 0 Å². The Morgan fingerprint density at radius 3 is 2.91 bits per heavy atom. The van der Waals surface area contributed by atoms with E-state index in [1.54, 1.807) is 6.08 Å². The summed E-state index contributed by atoms with van der Waals surface area (Å²) in [6, 6.07) is 11.9. The average molecular weight is 313 g/mol. The maximum Gasteiger partial charge on any atom is 0.234 e. The van der Waals surface area contributed by atoms with Crippen molar-refractivity contribution in [1.82, 2.24) is 15.4 Å². The van der Waals surface area contributed by atoms with E-state index in [-0.39, 0.29) is 5.91 Å². The van der Waals surface area contributed by atoms with E-state index in [1.807, 2.05) is 48.3 Å². The number of benzene rings is 1. The monoisotopic (exact) mass is 313 g/mol. The highest BCUT2D eigenvalue weighted by Crippen LogP contribution is 2.19. The van der Waals surface area contributed by atoms with Crippen LogP contribution in [0, 0.1) is 0 Å². The van der Waals surface area contributed by atoms with Crippen molar-refractivity contribution < 1.29 is 9.32 Å². The Hall–Kier alpha value is -2.40. The molecular weight excluding hydrogens is 290 g/mol. The second kappa shape index (κ2) is 8.90. The van der Waals surface area contributed by atoms with Gasteiger partial charge in [-0.3, -0.25) is 9.69 Å². The summed E-state index contributed by atoms with van der Waals surface area (Å²) < 4.78 is 5.38. The first-order valence-corrected chi connectivity index (χ1v) is 7.76. The lowest BCUT2D eigenvalue weighted by molar-refractivity contribution is -0.121. The molecule has 0 aliphatic carbocycles. The molecule has 5 heteroatoms. The fraction of sp³-hybridized carbons (Fsp3) is 0.333. The Bertz CT molecular complexity index is 622. The normalized spacial score (nSPS) is 10.7. The van der Waals surface area contributed by atoms with Crippen LogP contribution in [-0.2, 0) is 11.2 Å². The van der Waals surface area contributed by atoms with Gasteiger partial charge in [0.2, 0.25) is 5.91 Å². The van der Waals surface area contributed by atoms with E-state index in [2.05, 4.69) is 17.1 Å². The molecule has 0 saturated heterocycles. The quantitative estimate of drug-likeness (QED) is 0.723. The zero-order chi connectivity index (χ0) is 16.5. The minimum Gasteiger partial charge on any atom is -0.361 e. The summed E-state index contributed by atoms with van der Waals surface area (Å²) in [5.74, 6) is 0.881. The van der Waals surface area contributed by atoms with Crippen LogP contribution in [-0.4, -0.2) is 42.6 Å². The zero-order valence-electron chi connectivity index (χ0n) is 13.5. The van der Waals surface area contributed by atoms with Crippen LogP contribution in [0.15, 0.2) is 53.6 Å². The summed E-state index contributed by atoms with van der Waals surface area (Å²) in [6.45, 7) is 5.29. The lowest BCUT2D eigenvalue weighted by Crippen LogP contribution is -2.35. The number of rotatable bonds is 9. The Kier molecular flexibility index (Phi) is 6.56. The van der Waals surface area contributed by atoms with Crippen molar-refractivity contribution in [3.63, 3.8) is 0 Å². The number of hydrogen-bond acceptors (Lipinski definition) is 4. The van der Waals surface area contributed by atoms with Gasteiger partial charge in [0.25, 0.3) is 0 Å². The maximum atomic E-state index is 11.6. The van der Waals surface area contributed by atoms with Crippen molar-refractivity contribution in [3.8, 4) is 11.3 Å². The van der Waals surface area contributed by atoms with Gasteiger partial charge in [-0.05, 0) is 20.0 Å². The third-order valence-corrected chi connectivity index (χ3v) is 3.45. The van der Waals surface area contributed by atoms with E-state index in [0.717, 1.165) is 36.4 Å². The zero-order valence-corrected chi connectivity index (χ0v) is 13.5. The molecule has 1 aromatic carbocycles. The topological polar surface area (TPSA) is 58.4 Å². The minimum absolute atomic E-state index is 0.0124. The van der Waals surface area contributed by atoms with Gasteiger partial charge in [0.15, 0.2) is 0 Å². The van der Waals surface area contributed by atoms with Crippen molar-refractivity contribution >= 4 is 5.91 Å². The van der Waals surface area contributed by atoms with Crippen molar-refractivity contribution in [2.75, 3.05) is 26.7 Å². The lowest BCUT2D eigenvalue weighted by atomic mass is 10.1. The predicted molar refractivity (Wildman–Crippen MR) is 91.0 cm³/mol. The summed E-state index contributed by atoms with van der Waals surface area (Å²) in [6.07, 6.45) is 3.39. The van der Waals surface area contributed by atoms with Crippen LogP contribution in [0.1, 0.15) is 12.2 Å². The van der Waals surface area contributed by atoms with E-state index < -0.39 is 0 Å². The molecule has 0 aliphatic heterocycles. The van der Waals surface area contributed by atoms with Gasteiger partial charge in [-0.15, -0.1) is 6.58 Å². The number of aryl methyl sites for hydroxylation is 1. The highest BCUT2D eigenvalue weighted by molar-refractivity contribution is 5.78. The molecule has 5 nitrogen and oxygen atoms in total. The van der Waals surface area contributed by atoms with Crippen molar-refractivity contribution in [2.24, 2.45) is 0 Å². The fourth-order valence-electron chi connectivity index (χ4n) is 2.27. The smallest absolute Gasteiger partial charge is 0.234 e. The first-order valence-electron chi connectivity index (χ1n) is 7.76. The standard InChI is InChI=1S/C18H23N3O2/c1-3-11-19-18(22)14-21(2)12-7-10-16-13-17(20-23-16)15-8-5-4-6-9-15/h3-6,8-9,13H,1,7,10-12,14H2,2H3,(H,19,22).